The number of amides is 2. The molecule has 2 fully saturated rings. The zero-order chi connectivity index (χ0) is 14.7. The van der Waals surface area contributed by atoms with Gasteiger partial charge in [-0.2, -0.15) is 0 Å². The van der Waals surface area contributed by atoms with Crippen LogP contribution in [0.5, 0.6) is 0 Å². The molecule has 2 amide bonds. The van der Waals surface area contributed by atoms with Crippen molar-refractivity contribution in [2.24, 2.45) is 0 Å². The lowest BCUT2D eigenvalue weighted by Crippen LogP contribution is -2.49. The van der Waals surface area contributed by atoms with Crippen LogP contribution < -0.4 is 10.6 Å². The maximum absolute atomic E-state index is 12.0. The fourth-order valence-electron chi connectivity index (χ4n) is 3.46. The third kappa shape index (κ3) is 3.74. The summed E-state index contributed by atoms with van der Waals surface area (Å²) in [5.41, 5.74) is 1.07. The van der Waals surface area contributed by atoms with E-state index in [1.807, 2.05) is 6.92 Å². The Morgan fingerprint density at radius 1 is 1.43 bits per heavy atom. The second-order valence-corrected chi connectivity index (χ2v) is 7.06. The molecule has 3 rings (SSSR count). The number of aromatic nitrogens is 1. The first-order chi connectivity index (χ1) is 10.2. The SMILES string of the molecule is Cc1nc(CCNC(=O)NC2CCN3CCCCC23)cs1. The van der Waals surface area contributed by atoms with Crippen LogP contribution in [0.4, 0.5) is 4.79 Å². The van der Waals surface area contributed by atoms with E-state index < -0.39 is 0 Å². The fraction of sp³-hybridized carbons (Fsp3) is 0.733. The van der Waals surface area contributed by atoms with Crippen molar-refractivity contribution >= 4 is 17.4 Å². The molecule has 0 aromatic carbocycles. The lowest BCUT2D eigenvalue weighted by molar-refractivity contribution is 0.179. The molecular formula is C15H24N4OS. The van der Waals surface area contributed by atoms with Crippen LogP contribution >= 0.6 is 11.3 Å². The van der Waals surface area contributed by atoms with Crippen molar-refractivity contribution in [2.75, 3.05) is 19.6 Å². The monoisotopic (exact) mass is 308 g/mol. The fourth-order valence-corrected chi connectivity index (χ4v) is 4.11. The van der Waals surface area contributed by atoms with Crippen LogP contribution in [-0.2, 0) is 6.42 Å². The summed E-state index contributed by atoms with van der Waals surface area (Å²) in [6.07, 6.45) is 5.72. The van der Waals surface area contributed by atoms with Gasteiger partial charge in [0.15, 0.2) is 0 Å². The second kappa shape index (κ2) is 6.75. The summed E-state index contributed by atoms with van der Waals surface area (Å²) < 4.78 is 0. The molecule has 0 bridgehead atoms. The Balaban J connectivity index is 1.40. The van der Waals surface area contributed by atoms with Gasteiger partial charge in [-0.25, -0.2) is 9.78 Å². The minimum Gasteiger partial charge on any atom is -0.338 e. The van der Waals surface area contributed by atoms with Gasteiger partial charge in [0.1, 0.15) is 0 Å². The van der Waals surface area contributed by atoms with Gasteiger partial charge in [-0.1, -0.05) is 6.42 Å². The van der Waals surface area contributed by atoms with Gasteiger partial charge in [0.2, 0.25) is 0 Å². The summed E-state index contributed by atoms with van der Waals surface area (Å²) >= 11 is 1.66. The summed E-state index contributed by atoms with van der Waals surface area (Å²) in [7, 11) is 0. The molecule has 5 nitrogen and oxygen atoms in total. The number of urea groups is 1. The molecule has 1 aromatic rings. The molecule has 2 aliphatic heterocycles. The molecule has 2 aliphatic rings. The van der Waals surface area contributed by atoms with Crippen LogP contribution in [0.2, 0.25) is 0 Å². The highest BCUT2D eigenvalue weighted by molar-refractivity contribution is 7.09. The third-order valence-corrected chi connectivity index (χ3v) is 5.33. The Kier molecular flexibility index (Phi) is 4.75. The van der Waals surface area contributed by atoms with E-state index in [9.17, 15) is 4.79 Å². The Labute approximate surface area is 130 Å². The molecule has 0 spiro atoms. The highest BCUT2D eigenvalue weighted by atomic mass is 32.1. The van der Waals surface area contributed by atoms with Crippen LogP contribution in [-0.4, -0.2) is 47.6 Å². The number of rotatable bonds is 4. The Hall–Kier alpha value is -1.14. The number of carbonyl (C=O) groups excluding carboxylic acids is 1. The molecule has 2 unspecified atom stereocenters. The van der Waals surface area contributed by atoms with E-state index >= 15 is 0 Å². The standard InChI is InChI=1S/C15H24N4OS/c1-11-17-12(10-21-11)5-7-16-15(20)18-13-6-9-19-8-3-2-4-14(13)19/h10,13-14H,2-9H2,1H3,(H2,16,18,20). The topological polar surface area (TPSA) is 57.3 Å². The van der Waals surface area contributed by atoms with Gasteiger partial charge in [-0.15, -0.1) is 11.3 Å². The van der Waals surface area contributed by atoms with Crippen LogP contribution in [0.3, 0.4) is 0 Å². The zero-order valence-electron chi connectivity index (χ0n) is 12.6. The highest BCUT2D eigenvalue weighted by Gasteiger charge is 2.36. The average molecular weight is 308 g/mol. The van der Waals surface area contributed by atoms with Crippen LogP contribution in [0.25, 0.3) is 0 Å². The molecule has 21 heavy (non-hydrogen) atoms. The van der Waals surface area contributed by atoms with Crippen molar-refractivity contribution in [1.82, 2.24) is 20.5 Å². The lowest BCUT2D eigenvalue weighted by Gasteiger charge is -2.32. The van der Waals surface area contributed by atoms with Crippen molar-refractivity contribution in [1.29, 1.82) is 0 Å². The first-order valence-electron chi connectivity index (χ1n) is 7.92. The quantitative estimate of drug-likeness (QED) is 0.893. The van der Waals surface area contributed by atoms with Gasteiger partial charge in [0, 0.05) is 37.0 Å². The van der Waals surface area contributed by atoms with E-state index in [2.05, 4.69) is 25.9 Å². The van der Waals surface area contributed by atoms with Gasteiger partial charge in [-0.3, -0.25) is 4.90 Å². The first-order valence-corrected chi connectivity index (χ1v) is 8.80. The Morgan fingerprint density at radius 3 is 3.14 bits per heavy atom. The molecule has 0 radical (unpaired) electrons. The summed E-state index contributed by atoms with van der Waals surface area (Å²) in [5, 5.41) is 9.26. The van der Waals surface area contributed by atoms with E-state index in [0.29, 0.717) is 18.6 Å². The Morgan fingerprint density at radius 2 is 2.33 bits per heavy atom. The van der Waals surface area contributed by atoms with Crippen molar-refractivity contribution < 1.29 is 4.79 Å². The third-order valence-electron chi connectivity index (χ3n) is 4.51. The van der Waals surface area contributed by atoms with Crippen molar-refractivity contribution in [3.05, 3.63) is 16.1 Å². The van der Waals surface area contributed by atoms with Gasteiger partial charge in [-0.05, 0) is 32.7 Å². The molecule has 0 aliphatic carbocycles. The maximum atomic E-state index is 12.0. The van der Waals surface area contributed by atoms with Gasteiger partial charge in [0.25, 0.3) is 0 Å². The van der Waals surface area contributed by atoms with Gasteiger partial charge < -0.3 is 10.6 Å². The molecule has 0 saturated carbocycles. The van der Waals surface area contributed by atoms with E-state index in [1.54, 1.807) is 11.3 Å². The van der Waals surface area contributed by atoms with Crippen molar-refractivity contribution in [2.45, 2.75) is 51.1 Å². The smallest absolute Gasteiger partial charge is 0.315 e. The molecule has 2 atom stereocenters. The summed E-state index contributed by atoms with van der Waals surface area (Å²) in [6.45, 7) is 4.99. The van der Waals surface area contributed by atoms with Crippen molar-refractivity contribution in [3.8, 4) is 0 Å². The predicted molar refractivity (Wildman–Crippen MR) is 84.7 cm³/mol. The number of piperidine rings is 1. The molecule has 2 N–H and O–H groups in total. The van der Waals surface area contributed by atoms with E-state index in [1.165, 1.54) is 25.8 Å². The number of carbonyl (C=O) groups is 1. The normalized spacial score (nSPS) is 25.6. The lowest BCUT2D eigenvalue weighted by atomic mass is 9.99. The number of aryl methyl sites for hydroxylation is 1. The maximum Gasteiger partial charge on any atom is 0.315 e. The molecule has 3 heterocycles. The highest BCUT2D eigenvalue weighted by Crippen LogP contribution is 2.26. The van der Waals surface area contributed by atoms with Crippen LogP contribution in [0.15, 0.2) is 5.38 Å². The molecule has 1 aromatic heterocycles. The number of hydrogen-bond acceptors (Lipinski definition) is 4. The molecule has 6 heteroatoms. The van der Waals surface area contributed by atoms with E-state index in [0.717, 1.165) is 30.1 Å². The van der Waals surface area contributed by atoms with Crippen LogP contribution in [0.1, 0.15) is 36.4 Å². The number of hydrogen-bond donors (Lipinski definition) is 2. The molecule has 116 valence electrons. The second-order valence-electron chi connectivity index (χ2n) is 6.00. The molecule has 2 saturated heterocycles. The number of nitrogens with one attached hydrogen (secondary N) is 2. The van der Waals surface area contributed by atoms with Crippen LogP contribution in [0, 0.1) is 6.92 Å². The minimum atomic E-state index is -0.0284. The minimum absolute atomic E-state index is 0.0284. The predicted octanol–water partition coefficient (Wildman–Crippen LogP) is 1.92. The van der Waals surface area contributed by atoms with Gasteiger partial charge >= 0.3 is 6.03 Å². The first kappa shape index (κ1) is 14.8. The van der Waals surface area contributed by atoms with Gasteiger partial charge in [0.05, 0.1) is 10.7 Å². The number of fused-ring (bicyclic) bond motifs is 1. The van der Waals surface area contributed by atoms with E-state index in [-0.39, 0.29) is 6.03 Å². The summed E-state index contributed by atoms with van der Waals surface area (Å²) in [6, 6.07) is 0.858. The van der Waals surface area contributed by atoms with E-state index in [4.69, 9.17) is 0 Å². The van der Waals surface area contributed by atoms with Crippen molar-refractivity contribution in [3.63, 3.8) is 0 Å². The molecular weight excluding hydrogens is 284 g/mol. The zero-order valence-corrected chi connectivity index (χ0v) is 13.4. The summed E-state index contributed by atoms with van der Waals surface area (Å²) in [4.78, 5) is 18.9. The average Bonchev–Trinajstić information content (AvgIpc) is 3.06. The summed E-state index contributed by atoms with van der Waals surface area (Å²) in [5.74, 6) is 0. The number of nitrogens with zero attached hydrogens (tertiary/aromatic N) is 2. The largest absolute Gasteiger partial charge is 0.338 e. The number of thiazole rings is 1. The Bertz CT molecular complexity index is 490.